The van der Waals surface area contributed by atoms with E-state index < -0.39 is 0 Å². The third-order valence-electron chi connectivity index (χ3n) is 4.21. The van der Waals surface area contributed by atoms with Gasteiger partial charge in [-0.25, -0.2) is 0 Å². The van der Waals surface area contributed by atoms with Crippen molar-refractivity contribution in [2.75, 3.05) is 20.8 Å². The van der Waals surface area contributed by atoms with Gasteiger partial charge < -0.3 is 19.9 Å². The van der Waals surface area contributed by atoms with E-state index in [1.54, 1.807) is 14.2 Å². The Morgan fingerprint density at radius 3 is 2.71 bits per heavy atom. The van der Waals surface area contributed by atoms with Gasteiger partial charge in [-0.05, 0) is 38.7 Å². The summed E-state index contributed by atoms with van der Waals surface area (Å²) in [6.45, 7) is 2.57. The van der Waals surface area contributed by atoms with Gasteiger partial charge in [0, 0.05) is 12.7 Å². The summed E-state index contributed by atoms with van der Waals surface area (Å²) < 4.78 is 16.8. The van der Waals surface area contributed by atoms with Crippen LogP contribution in [0.2, 0.25) is 0 Å². The van der Waals surface area contributed by atoms with E-state index in [4.69, 9.17) is 19.9 Å². The third-order valence-corrected chi connectivity index (χ3v) is 4.21. The van der Waals surface area contributed by atoms with Crippen molar-refractivity contribution in [2.45, 2.75) is 50.9 Å². The lowest BCUT2D eigenvalue weighted by Crippen LogP contribution is -2.30. The molecule has 1 aliphatic rings. The molecule has 4 heteroatoms. The minimum atomic E-state index is -0.164. The van der Waals surface area contributed by atoms with Crippen LogP contribution in [-0.2, 0) is 9.47 Å². The Bertz CT molecular complexity index is 450. The molecule has 3 unspecified atom stereocenters. The summed E-state index contributed by atoms with van der Waals surface area (Å²) in [5.41, 5.74) is 8.48. The Kier molecular flexibility index (Phi) is 6.03. The lowest BCUT2D eigenvalue weighted by molar-refractivity contribution is -0.0333. The van der Waals surface area contributed by atoms with Crippen molar-refractivity contribution in [3.8, 4) is 5.75 Å². The van der Waals surface area contributed by atoms with Crippen LogP contribution in [0.25, 0.3) is 0 Å². The molecule has 0 amide bonds. The molecule has 21 heavy (non-hydrogen) atoms. The van der Waals surface area contributed by atoms with E-state index >= 15 is 0 Å². The van der Waals surface area contributed by atoms with Crippen LogP contribution in [-0.4, -0.2) is 33.0 Å². The quantitative estimate of drug-likeness (QED) is 0.876. The van der Waals surface area contributed by atoms with Crippen molar-refractivity contribution >= 4 is 0 Å². The van der Waals surface area contributed by atoms with Gasteiger partial charge in [0.25, 0.3) is 0 Å². The Hall–Kier alpha value is -1.10. The largest absolute Gasteiger partial charge is 0.496 e. The fourth-order valence-electron chi connectivity index (χ4n) is 2.94. The first kappa shape index (κ1) is 16.3. The number of rotatable bonds is 6. The molecule has 0 radical (unpaired) electrons. The van der Waals surface area contributed by atoms with Crippen molar-refractivity contribution in [3.05, 3.63) is 29.3 Å². The summed E-state index contributed by atoms with van der Waals surface area (Å²) in [5, 5.41) is 0. The average Bonchev–Trinajstić information content (AvgIpc) is 2.52. The van der Waals surface area contributed by atoms with Gasteiger partial charge in [0.2, 0.25) is 0 Å². The molecule has 2 rings (SSSR count). The number of ether oxygens (including phenoxy) is 3. The second kappa shape index (κ2) is 7.78. The highest BCUT2D eigenvalue weighted by Crippen LogP contribution is 2.27. The number of nitrogens with two attached hydrogens (primary N) is 1. The van der Waals surface area contributed by atoms with Gasteiger partial charge in [-0.3, -0.25) is 0 Å². The number of benzene rings is 1. The zero-order chi connectivity index (χ0) is 15.2. The topological polar surface area (TPSA) is 53.7 Å². The normalized spacial score (nSPS) is 23.8. The number of methoxy groups -OCH3 is 2. The maximum atomic E-state index is 6.29. The van der Waals surface area contributed by atoms with Gasteiger partial charge in [-0.1, -0.05) is 17.7 Å². The molecule has 1 aromatic rings. The molecule has 1 aliphatic carbocycles. The standard InChI is InChI=1S/C17H27NO3/c1-12-7-8-17(20-3)15(9-12)16(18)11-21-14-6-4-5-13(10-14)19-2/h7-9,13-14,16H,4-6,10-11,18H2,1-3H3. The zero-order valence-electron chi connectivity index (χ0n) is 13.3. The average molecular weight is 293 g/mol. The van der Waals surface area contributed by atoms with Gasteiger partial charge in [0.15, 0.2) is 0 Å². The van der Waals surface area contributed by atoms with Crippen molar-refractivity contribution in [2.24, 2.45) is 5.73 Å². The van der Waals surface area contributed by atoms with Gasteiger partial charge in [-0.15, -0.1) is 0 Å². The highest BCUT2D eigenvalue weighted by atomic mass is 16.5. The molecule has 4 nitrogen and oxygen atoms in total. The first-order chi connectivity index (χ1) is 10.1. The van der Waals surface area contributed by atoms with Crippen LogP contribution in [0.4, 0.5) is 0 Å². The summed E-state index contributed by atoms with van der Waals surface area (Å²) in [4.78, 5) is 0. The molecule has 0 saturated heterocycles. The molecule has 2 N–H and O–H groups in total. The molecule has 1 saturated carbocycles. The molecule has 1 fully saturated rings. The summed E-state index contributed by atoms with van der Waals surface area (Å²) in [7, 11) is 3.45. The first-order valence-electron chi connectivity index (χ1n) is 7.68. The Morgan fingerprint density at radius 2 is 2.00 bits per heavy atom. The second-order valence-electron chi connectivity index (χ2n) is 5.83. The van der Waals surface area contributed by atoms with Crippen LogP contribution in [0.1, 0.15) is 42.9 Å². The summed E-state index contributed by atoms with van der Waals surface area (Å²) >= 11 is 0. The van der Waals surface area contributed by atoms with Crippen LogP contribution < -0.4 is 10.5 Å². The van der Waals surface area contributed by atoms with Crippen molar-refractivity contribution in [1.29, 1.82) is 0 Å². The SMILES string of the molecule is COc1ccc(C)cc1C(N)COC1CCCC(OC)C1. The molecule has 118 valence electrons. The summed E-state index contributed by atoms with van der Waals surface area (Å²) in [6, 6.07) is 5.90. The number of aryl methyl sites for hydroxylation is 1. The molecular weight excluding hydrogens is 266 g/mol. The van der Waals surface area contributed by atoms with E-state index in [0.717, 1.165) is 37.0 Å². The molecule has 1 aromatic carbocycles. The Balaban J connectivity index is 1.92. The van der Waals surface area contributed by atoms with E-state index in [9.17, 15) is 0 Å². The van der Waals surface area contributed by atoms with Gasteiger partial charge in [0.05, 0.1) is 32.0 Å². The zero-order valence-corrected chi connectivity index (χ0v) is 13.3. The van der Waals surface area contributed by atoms with Crippen molar-refractivity contribution in [1.82, 2.24) is 0 Å². The highest BCUT2D eigenvalue weighted by Gasteiger charge is 2.23. The van der Waals surface area contributed by atoms with Crippen LogP contribution in [0, 0.1) is 6.92 Å². The van der Waals surface area contributed by atoms with Gasteiger partial charge >= 0.3 is 0 Å². The first-order valence-corrected chi connectivity index (χ1v) is 7.68. The molecule has 0 aliphatic heterocycles. The Labute approximate surface area is 127 Å². The molecule has 3 atom stereocenters. The third kappa shape index (κ3) is 4.43. The van der Waals surface area contributed by atoms with E-state index in [2.05, 4.69) is 13.0 Å². The number of hydrogen-bond acceptors (Lipinski definition) is 4. The second-order valence-corrected chi connectivity index (χ2v) is 5.83. The molecular formula is C17H27NO3. The summed E-state index contributed by atoms with van der Waals surface area (Å²) in [5.74, 6) is 0.829. The monoisotopic (exact) mass is 293 g/mol. The molecule has 0 spiro atoms. The maximum Gasteiger partial charge on any atom is 0.123 e. The highest BCUT2D eigenvalue weighted by molar-refractivity contribution is 5.39. The van der Waals surface area contributed by atoms with E-state index in [0.29, 0.717) is 12.7 Å². The lowest BCUT2D eigenvalue weighted by Gasteiger charge is -2.29. The minimum absolute atomic E-state index is 0.164. The molecule has 0 bridgehead atoms. The van der Waals surface area contributed by atoms with Gasteiger partial charge in [0.1, 0.15) is 5.75 Å². The Morgan fingerprint density at radius 1 is 1.24 bits per heavy atom. The fraction of sp³-hybridized carbons (Fsp3) is 0.647. The van der Waals surface area contributed by atoms with Crippen molar-refractivity contribution < 1.29 is 14.2 Å². The van der Waals surface area contributed by atoms with Crippen LogP contribution in [0.5, 0.6) is 5.75 Å². The molecule has 0 aromatic heterocycles. The van der Waals surface area contributed by atoms with Crippen LogP contribution in [0.3, 0.4) is 0 Å². The lowest BCUT2D eigenvalue weighted by atomic mass is 9.95. The number of hydrogen-bond donors (Lipinski definition) is 1. The maximum absolute atomic E-state index is 6.29. The van der Waals surface area contributed by atoms with Gasteiger partial charge in [-0.2, -0.15) is 0 Å². The minimum Gasteiger partial charge on any atom is -0.496 e. The summed E-state index contributed by atoms with van der Waals surface area (Å²) in [6.07, 6.45) is 4.94. The predicted molar refractivity (Wildman–Crippen MR) is 83.7 cm³/mol. The molecule has 0 heterocycles. The van der Waals surface area contributed by atoms with E-state index in [1.165, 1.54) is 5.56 Å². The van der Waals surface area contributed by atoms with E-state index in [1.807, 2.05) is 12.1 Å². The van der Waals surface area contributed by atoms with Crippen molar-refractivity contribution in [3.63, 3.8) is 0 Å². The van der Waals surface area contributed by atoms with Crippen LogP contribution >= 0.6 is 0 Å². The smallest absolute Gasteiger partial charge is 0.123 e. The fourth-order valence-corrected chi connectivity index (χ4v) is 2.94. The predicted octanol–water partition coefficient (Wildman–Crippen LogP) is 2.98. The van der Waals surface area contributed by atoms with Crippen LogP contribution in [0.15, 0.2) is 18.2 Å². The van der Waals surface area contributed by atoms with E-state index in [-0.39, 0.29) is 12.1 Å².